The van der Waals surface area contributed by atoms with Crippen molar-refractivity contribution in [3.05, 3.63) is 77.3 Å². The second-order valence-electron chi connectivity index (χ2n) is 9.94. The zero-order valence-corrected chi connectivity index (χ0v) is 21.6. The van der Waals surface area contributed by atoms with Gasteiger partial charge in [-0.2, -0.15) is 0 Å². The molecule has 0 N–H and O–H groups in total. The van der Waals surface area contributed by atoms with Crippen molar-refractivity contribution < 1.29 is 4.74 Å². The molecule has 1 aliphatic rings. The van der Waals surface area contributed by atoms with Crippen LogP contribution < -0.4 is 4.74 Å². The molecule has 2 heteroatoms. The lowest BCUT2D eigenvalue weighted by atomic mass is 9.76. The summed E-state index contributed by atoms with van der Waals surface area (Å²) in [4.78, 5) is 0. The molecular weight excluding hydrogens is 436 g/mol. The number of hydrogen-bond donors (Lipinski definition) is 0. The van der Waals surface area contributed by atoms with Crippen LogP contribution in [-0.2, 0) is 0 Å². The smallest absolute Gasteiger partial charge is 0.119 e. The van der Waals surface area contributed by atoms with Gasteiger partial charge in [0.15, 0.2) is 0 Å². The van der Waals surface area contributed by atoms with Crippen molar-refractivity contribution in [2.75, 3.05) is 7.11 Å². The van der Waals surface area contributed by atoms with E-state index in [0.717, 1.165) is 33.4 Å². The van der Waals surface area contributed by atoms with Crippen LogP contribution in [0.1, 0.15) is 82.6 Å². The first-order valence-corrected chi connectivity index (χ1v) is 13.6. The Morgan fingerprint density at radius 2 is 1.53 bits per heavy atom. The molecule has 180 valence electrons. The second kappa shape index (κ2) is 12.5. The predicted octanol–water partition coefficient (Wildman–Crippen LogP) is 10.3. The van der Waals surface area contributed by atoms with E-state index >= 15 is 0 Å². The second-order valence-corrected chi connectivity index (χ2v) is 10.3. The van der Waals surface area contributed by atoms with Crippen LogP contribution in [-0.4, -0.2) is 7.11 Å². The van der Waals surface area contributed by atoms with Crippen LogP contribution in [0.25, 0.3) is 22.3 Å². The van der Waals surface area contributed by atoms with Crippen LogP contribution >= 0.6 is 11.6 Å². The van der Waals surface area contributed by atoms with Crippen molar-refractivity contribution in [3.63, 3.8) is 0 Å². The molecule has 34 heavy (non-hydrogen) atoms. The van der Waals surface area contributed by atoms with E-state index in [2.05, 4.69) is 49.4 Å². The Bertz CT molecular complexity index is 1050. The van der Waals surface area contributed by atoms with Gasteiger partial charge in [0.2, 0.25) is 0 Å². The van der Waals surface area contributed by atoms with Gasteiger partial charge in [0.1, 0.15) is 5.75 Å². The molecule has 0 aromatic heterocycles. The highest BCUT2D eigenvalue weighted by Gasteiger charge is 2.23. The minimum atomic E-state index is 0.666. The van der Waals surface area contributed by atoms with Crippen molar-refractivity contribution in [2.24, 2.45) is 5.92 Å². The van der Waals surface area contributed by atoms with Gasteiger partial charge in [-0.15, -0.1) is 0 Å². The summed E-state index contributed by atoms with van der Waals surface area (Å²) < 4.78 is 5.47. The van der Waals surface area contributed by atoms with E-state index in [1.807, 2.05) is 24.3 Å². The van der Waals surface area contributed by atoms with Gasteiger partial charge in [-0.1, -0.05) is 106 Å². The zero-order valence-electron chi connectivity index (χ0n) is 20.9. The molecule has 1 aliphatic carbocycles. The van der Waals surface area contributed by atoms with E-state index in [1.54, 1.807) is 7.11 Å². The fourth-order valence-electron chi connectivity index (χ4n) is 5.62. The van der Waals surface area contributed by atoms with Crippen LogP contribution in [0.2, 0.25) is 5.02 Å². The van der Waals surface area contributed by atoms with Gasteiger partial charge in [0.05, 0.1) is 7.11 Å². The van der Waals surface area contributed by atoms with E-state index in [4.69, 9.17) is 16.3 Å². The summed E-state index contributed by atoms with van der Waals surface area (Å²) in [5, 5.41) is 0.796. The molecule has 0 bridgehead atoms. The van der Waals surface area contributed by atoms with Crippen LogP contribution in [0.15, 0.2) is 66.7 Å². The Hall–Kier alpha value is -2.25. The lowest BCUT2D eigenvalue weighted by molar-refractivity contribution is 0.302. The third-order valence-corrected chi connectivity index (χ3v) is 7.92. The summed E-state index contributed by atoms with van der Waals surface area (Å²) in [7, 11) is 1.71. The molecular formula is C32H39ClO. The molecule has 0 radical (unpaired) electrons. The molecule has 0 aliphatic heterocycles. The Labute approximate surface area is 211 Å². The summed E-state index contributed by atoms with van der Waals surface area (Å²) in [6.07, 6.45) is 13.8. The number of rotatable bonds is 10. The number of methoxy groups -OCH3 is 1. The first-order chi connectivity index (χ1) is 16.7. The van der Waals surface area contributed by atoms with Crippen LogP contribution in [0.5, 0.6) is 5.75 Å². The molecule has 1 fully saturated rings. The maximum Gasteiger partial charge on any atom is 0.119 e. The van der Waals surface area contributed by atoms with Crippen molar-refractivity contribution in [1.82, 2.24) is 0 Å². The number of hydrogen-bond acceptors (Lipinski definition) is 1. The molecule has 0 atom stereocenters. The molecule has 3 aromatic rings. The average molecular weight is 475 g/mol. The van der Waals surface area contributed by atoms with Gasteiger partial charge < -0.3 is 4.74 Å². The molecule has 1 saturated carbocycles. The topological polar surface area (TPSA) is 9.23 Å². The maximum absolute atomic E-state index is 6.79. The quantitative estimate of drug-likeness (QED) is 0.265. The zero-order chi connectivity index (χ0) is 23.8. The minimum Gasteiger partial charge on any atom is -0.497 e. The minimum absolute atomic E-state index is 0.666. The number of ether oxygens (including phenoxy) is 1. The van der Waals surface area contributed by atoms with Crippen LogP contribution in [0, 0.1) is 5.92 Å². The highest BCUT2D eigenvalue weighted by molar-refractivity contribution is 6.34. The first-order valence-electron chi connectivity index (χ1n) is 13.2. The third kappa shape index (κ3) is 6.25. The molecule has 0 amide bonds. The highest BCUT2D eigenvalue weighted by atomic mass is 35.5. The fourth-order valence-corrected chi connectivity index (χ4v) is 5.90. The molecule has 0 unspecified atom stereocenters. The fraction of sp³-hybridized carbons (Fsp3) is 0.438. The third-order valence-electron chi connectivity index (χ3n) is 7.60. The summed E-state index contributed by atoms with van der Waals surface area (Å²) in [5.41, 5.74) is 6.06. The summed E-state index contributed by atoms with van der Waals surface area (Å²) in [6.45, 7) is 2.29. The van der Waals surface area contributed by atoms with Gasteiger partial charge in [-0.05, 0) is 78.0 Å². The van der Waals surface area contributed by atoms with E-state index in [0.29, 0.717) is 5.92 Å². The highest BCUT2D eigenvalue weighted by Crippen LogP contribution is 2.42. The Balaban J connectivity index is 1.49. The van der Waals surface area contributed by atoms with E-state index in [1.165, 1.54) is 75.3 Å². The summed E-state index contributed by atoms with van der Waals surface area (Å²) in [5.74, 6) is 2.46. The van der Waals surface area contributed by atoms with Crippen molar-refractivity contribution in [1.29, 1.82) is 0 Å². The first kappa shape index (κ1) is 24.9. The van der Waals surface area contributed by atoms with Crippen molar-refractivity contribution in [2.45, 2.75) is 77.0 Å². The molecule has 4 rings (SSSR count). The molecule has 0 heterocycles. The lowest BCUT2D eigenvalue weighted by Gasteiger charge is -2.29. The van der Waals surface area contributed by atoms with E-state index in [-0.39, 0.29) is 0 Å². The average Bonchev–Trinajstić information content (AvgIpc) is 2.89. The van der Waals surface area contributed by atoms with Gasteiger partial charge >= 0.3 is 0 Å². The maximum atomic E-state index is 6.79. The molecule has 3 aromatic carbocycles. The summed E-state index contributed by atoms with van der Waals surface area (Å²) >= 11 is 6.79. The van der Waals surface area contributed by atoms with E-state index in [9.17, 15) is 0 Å². The molecule has 0 spiro atoms. The molecule has 1 nitrogen and oxygen atoms in total. The Morgan fingerprint density at radius 1 is 0.794 bits per heavy atom. The van der Waals surface area contributed by atoms with Gasteiger partial charge in [0, 0.05) is 10.6 Å². The van der Waals surface area contributed by atoms with Gasteiger partial charge in [-0.3, -0.25) is 0 Å². The molecule has 0 saturated heterocycles. The summed E-state index contributed by atoms with van der Waals surface area (Å²) in [6, 6.07) is 23.6. The lowest BCUT2D eigenvalue weighted by Crippen LogP contribution is -2.13. The standard InChI is InChI=1S/C32H39ClO/c1-3-4-5-6-7-11-24-18-20-25(21-19-24)26-12-8-14-28(22-26)32-30(16-10-17-31(32)33)27-13-9-15-29(23-27)34-2/h8-10,12-17,22-25H,3-7,11,18-21H2,1-2H3/t24-,25-. The van der Waals surface area contributed by atoms with Crippen molar-refractivity contribution in [3.8, 4) is 28.0 Å². The number of halogens is 1. The van der Waals surface area contributed by atoms with Crippen molar-refractivity contribution >= 4 is 11.6 Å². The number of unbranched alkanes of at least 4 members (excludes halogenated alkanes) is 4. The van der Waals surface area contributed by atoms with E-state index < -0.39 is 0 Å². The predicted molar refractivity (Wildman–Crippen MR) is 147 cm³/mol. The Kier molecular flexibility index (Phi) is 9.11. The number of benzene rings is 3. The SMILES string of the molecule is CCCCCCC[C@H]1CC[C@H](c2cccc(-c3c(Cl)cccc3-c3cccc(OC)c3)c2)CC1. The van der Waals surface area contributed by atoms with Crippen LogP contribution in [0.4, 0.5) is 0 Å². The largest absolute Gasteiger partial charge is 0.497 e. The van der Waals surface area contributed by atoms with Gasteiger partial charge in [0.25, 0.3) is 0 Å². The normalized spacial score (nSPS) is 18.1. The van der Waals surface area contributed by atoms with Gasteiger partial charge in [-0.25, -0.2) is 0 Å². The Morgan fingerprint density at radius 3 is 2.32 bits per heavy atom. The van der Waals surface area contributed by atoms with Crippen LogP contribution in [0.3, 0.4) is 0 Å². The monoisotopic (exact) mass is 474 g/mol.